The number of methoxy groups -OCH3 is 1. The molecule has 2 N–H and O–H groups in total. The lowest BCUT2D eigenvalue weighted by molar-refractivity contribution is 0.155. The highest BCUT2D eigenvalue weighted by molar-refractivity contribution is 5.80. The maximum Gasteiger partial charge on any atom is 0.191 e. The number of guanidine groups is 1. The molecule has 1 aliphatic heterocycles. The van der Waals surface area contributed by atoms with E-state index in [-0.39, 0.29) is 6.10 Å². The first kappa shape index (κ1) is 22.5. The maximum atomic E-state index is 6.04. The van der Waals surface area contributed by atoms with Crippen molar-refractivity contribution >= 4 is 5.96 Å². The van der Waals surface area contributed by atoms with Crippen molar-refractivity contribution in [1.82, 2.24) is 15.5 Å². The number of rotatable bonds is 10. The first-order chi connectivity index (χ1) is 13.6. The minimum Gasteiger partial charge on any atom is -0.489 e. The van der Waals surface area contributed by atoms with Gasteiger partial charge in [-0.05, 0) is 51.7 Å². The summed E-state index contributed by atoms with van der Waals surface area (Å²) in [5.74, 6) is 1.82. The van der Waals surface area contributed by atoms with E-state index in [0.29, 0.717) is 12.6 Å². The third kappa shape index (κ3) is 8.07. The maximum absolute atomic E-state index is 6.04. The van der Waals surface area contributed by atoms with Gasteiger partial charge in [0.15, 0.2) is 5.96 Å². The van der Waals surface area contributed by atoms with Crippen LogP contribution in [0.1, 0.15) is 38.7 Å². The van der Waals surface area contributed by atoms with Gasteiger partial charge in [-0.3, -0.25) is 0 Å². The molecular formula is C22H38N4O2. The molecule has 1 unspecified atom stereocenters. The minimum atomic E-state index is 0.0270. The summed E-state index contributed by atoms with van der Waals surface area (Å²) < 4.78 is 11.2. The van der Waals surface area contributed by atoms with Crippen LogP contribution in [0.3, 0.4) is 0 Å². The van der Waals surface area contributed by atoms with Crippen molar-refractivity contribution in [2.45, 2.75) is 52.2 Å². The van der Waals surface area contributed by atoms with E-state index in [1.54, 1.807) is 7.11 Å². The lowest BCUT2D eigenvalue weighted by atomic mass is 10.1. The molecular weight excluding hydrogens is 352 g/mol. The predicted molar refractivity (Wildman–Crippen MR) is 116 cm³/mol. The van der Waals surface area contributed by atoms with Gasteiger partial charge in [0, 0.05) is 45.9 Å². The predicted octanol–water partition coefficient (Wildman–Crippen LogP) is 2.82. The molecule has 0 radical (unpaired) electrons. The molecule has 0 aromatic heterocycles. The van der Waals surface area contributed by atoms with Gasteiger partial charge in [-0.1, -0.05) is 18.2 Å². The standard InChI is InChI=1S/C22H38N4O2/c1-5-23-22(24-17-19(3)28-21-10-7-6-9-18(21)2)25-20-11-14-26(15-12-20)13-8-16-27-4/h6-7,9-10,19-20H,5,8,11-17H2,1-4H3,(H2,23,24,25). The normalized spacial score (nSPS) is 17.4. The van der Waals surface area contributed by atoms with E-state index < -0.39 is 0 Å². The van der Waals surface area contributed by atoms with Crippen molar-refractivity contribution in [3.8, 4) is 5.75 Å². The van der Waals surface area contributed by atoms with Crippen molar-refractivity contribution in [3.05, 3.63) is 29.8 Å². The lowest BCUT2D eigenvalue weighted by Gasteiger charge is -2.33. The molecule has 1 fully saturated rings. The van der Waals surface area contributed by atoms with Crippen LogP contribution in [0.2, 0.25) is 0 Å². The number of hydrogen-bond donors (Lipinski definition) is 2. The average molecular weight is 391 g/mol. The van der Waals surface area contributed by atoms with Gasteiger partial charge in [-0.2, -0.15) is 0 Å². The summed E-state index contributed by atoms with van der Waals surface area (Å²) in [5, 5.41) is 6.97. The molecule has 0 spiro atoms. The smallest absolute Gasteiger partial charge is 0.191 e. The Labute approximate surface area is 170 Å². The van der Waals surface area contributed by atoms with Crippen LogP contribution in [0.4, 0.5) is 0 Å². The largest absolute Gasteiger partial charge is 0.489 e. The first-order valence-corrected chi connectivity index (χ1v) is 10.6. The van der Waals surface area contributed by atoms with Crippen LogP contribution in [0.5, 0.6) is 5.75 Å². The van der Waals surface area contributed by atoms with E-state index in [4.69, 9.17) is 14.5 Å². The summed E-state index contributed by atoms with van der Waals surface area (Å²) in [6, 6.07) is 8.59. The second-order valence-corrected chi connectivity index (χ2v) is 7.52. The molecule has 28 heavy (non-hydrogen) atoms. The van der Waals surface area contributed by atoms with E-state index in [1.165, 1.54) is 0 Å². The van der Waals surface area contributed by atoms with Crippen LogP contribution >= 0.6 is 0 Å². The van der Waals surface area contributed by atoms with Crippen LogP contribution in [0.25, 0.3) is 0 Å². The SMILES string of the molecule is CCNC(=NCC(C)Oc1ccccc1C)NC1CCN(CCCOC)CC1. The topological polar surface area (TPSA) is 58.1 Å². The van der Waals surface area contributed by atoms with Crippen LogP contribution in [0, 0.1) is 6.92 Å². The number of hydrogen-bond acceptors (Lipinski definition) is 4. The van der Waals surface area contributed by atoms with Crippen molar-refractivity contribution in [2.24, 2.45) is 4.99 Å². The van der Waals surface area contributed by atoms with E-state index in [9.17, 15) is 0 Å². The van der Waals surface area contributed by atoms with Crippen molar-refractivity contribution in [3.63, 3.8) is 0 Å². The van der Waals surface area contributed by atoms with Gasteiger partial charge in [-0.25, -0.2) is 4.99 Å². The molecule has 0 saturated carbocycles. The highest BCUT2D eigenvalue weighted by atomic mass is 16.5. The Morgan fingerprint density at radius 2 is 2.04 bits per heavy atom. The highest BCUT2D eigenvalue weighted by Gasteiger charge is 2.19. The fourth-order valence-electron chi connectivity index (χ4n) is 3.41. The molecule has 0 bridgehead atoms. The van der Waals surface area contributed by atoms with Crippen molar-refractivity contribution in [1.29, 1.82) is 0 Å². The summed E-state index contributed by atoms with van der Waals surface area (Å²) in [4.78, 5) is 7.28. The zero-order chi connectivity index (χ0) is 20.2. The zero-order valence-corrected chi connectivity index (χ0v) is 18.0. The number of ether oxygens (including phenoxy) is 2. The number of likely N-dealkylation sites (tertiary alicyclic amines) is 1. The van der Waals surface area contributed by atoms with Crippen molar-refractivity contribution < 1.29 is 9.47 Å². The van der Waals surface area contributed by atoms with Crippen LogP contribution in [0.15, 0.2) is 29.3 Å². The Morgan fingerprint density at radius 3 is 2.71 bits per heavy atom. The number of aliphatic imine (C=N–C) groups is 1. The summed E-state index contributed by atoms with van der Waals surface area (Å²) in [6.07, 6.45) is 3.43. The molecule has 6 heteroatoms. The van der Waals surface area contributed by atoms with Crippen molar-refractivity contribution in [2.75, 3.05) is 46.4 Å². The summed E-state index contributed by atoms with van der Waals surface area (Å²) in [6.45, 7) is 12.0. The highest BCUT2D eigenvalue weighted by Crippen LogP contribution is 2.17. The second-order valence-electron chi connectivity index (χ2n) is 7.52. The summed E-state index contributed by atoms with van der Waals surface area (Å²) >= 11 is 0. The van der Waals surface area contributed by atoms with Gasteiger partial charge in [0.2, 0.25) is 0 Å². The molecule has 158 valence electrons. The van der Waals surface area contributed by atoms with E-state index in [1.807, 2.05) is 18.2 Å². The molecule has 2 rings (SSSR count). The van der Waals surface area contributed by atoms with Gasteiger partial charge >= 0.3 is 0 Å². The molecule has 1 aromatic rings. The van der Waals surface area contributed by atoms with Gasteiger partial charge in [0.05, 0.1) is 6.54 Å². The number of nitrogens with one attached hydrogen (secondary N) is 2. The zero-order valence-electron chi connectivity index (χ0n) is 18.0. The quantitative estimate of drug-likeness (QED) is 0.365. The third-order valence-electron chi connectivity index (χ3n) is 5.02. The summed E-state index contributed by atoms with van der Waals surface area (Å²) in [7, 11) is 1.77. The molecule has 1 heterocycles. The Balaban J connectivity index is 1.78. The van der Waals surface area contributed by atoms with E-state index in [2.05, 4.69) is 42.4 Å². The molecule has 0 amide bonds. The van der Waals surface area contributed by atoms with Crippen LogP contribution in [-0.2, 0) is 4.74 Å². The van der Waals surface area contributed by atoms with E-state index >= 15 is 0 Å². The van der Waals surface area contributed by atoms with Crippen LogP contribution < -0.4 is 15.4 Å². The number of piperidine rings is 1. The first-order valence-electron chi connectivity index (χ1n) is 10.6. The Morgan fingerprint density at radius 1 is 1.29 bits per heavy atom. The Bertz CT molecular complexity index is 586. The number of aryl methyl sites for hydroxylation is 1. The molecule has 6 nitrogen and oxygen atoms in total. The second kappa shape index (κ2) is 12.6. The third-order valence-corrected chi connectivity index (χ3v) is 5.02. The average Bonchev–Trinajstić information content (AvgIpc) is 2.69. The summed E-state index contributed by atoms with van der Waals surface area (Å²) in [5.41, 5.74) is 1.15. The monoisotopic (exact) mass is 390 g/mol. The fourth-order valence-corrected chi connectivity index (χ4v) is 3.41. The van der Waals surface area contributed by atoms with Gasteiger partial charge in [-0.15, -0.1) is 0 Å². The fraction of sp³-hybridized carbons (Fsp3) is 0.682. The van der Waals surface area contributed by atoms with Gasteiger partial charge < -0.3 is 25.0 Å². The molecule has 0 aliphatic carbocycles. The molecule has 1 atom stereocenters. The lowest BCUT2D eigenvalue weighted by Crippen LogP contribution is -2.49. The molecule has 1 aromatic carbocycles. The number of benzene rings is 1. The Kier molecular flexibility index (Phi) is 10.1. The van der Waals surface area contributed by atoms with Gasteiger partial charge in [0.1, 0.15) is 11.9 Å². The Hall–Kier alpha value is -1.79. The molecule has 1 aliphatic rings. The van der Waals surface area contributed by atoms with Crippen LogP contribution in [-0.4, -0.2) is 69.4 Å². The minimum absolute atomic E-state index is 0.0270. The van der Waals surface area contributed by atoms with E-state index in [0.717, 1.165) is 69.3 Å². The number of para-hydroxylation sites is 1. The molecule has 1 saturated heterocycles. The van der Waals surface area contributed by atoms with Gasteiger partial charge in [0.25, 0.3) is 0 Å². The number of nitrogens with zero attached hydrogens (tertiary/aromatic N) is 2.